The van der Waals surface area contributed by atoms with Crippen molar-refractivity contribution in [2.24, 2.45) is 11.7 Å². The van der Waals surface area contributed by atoms with E-state index in [1.165, 1.54) is 4.90 Å². The normalized spacial score (nSPS) is 17.3. The number of benzene rings is 1. The van der Waals surface area contributed by atoms with E-state index in [1.807, 2.05) is 50.2 Å². The predicted molar refractivity (Wildman–Crippen MR) is 97.1 cm³/mol. The number of carbonyl (C=O) groups is 2. The van der Waals surface area contributed by atoms with Crippen LogP contribution in [-0.4, -0.2) is 28.9 Å². The molecule has 1 aromatic carbocycles. The van der Waals surface area contributed by atoms with E-state index in [4.69, 9.17) is 5.73 Å². The van der Waals surface area contributed by atoms with Gasteiger partial charge in [-0.25, -0.2) is 4.98 Å². The fourth-order valence-electron chi connectivity index (χ4n) is 2.91. The summed E-state index contributed by atoms with van der Waals surface area (Å²) in [4.78, 5) is 31.5. The monoisotopic (exact) mass is 338 g/mol. The van der Waals surface area contributed by atoms with E-state index in [9.17, 15) is 9.59 Å². The van der Waals surface area contributed by atoms with E-state index >= 15 is 0 Å². The molecule has 2 aromatic rings. The lowest BCUT2D eigenvalue weighted by molar-refractivity contribution is -0.124. The Morgan fingerprint density at radius 2 is 1.92 bits per heavy atom. The molecule has 3 N–H and O–H groups in total. The van der Waals surface area contributed by atoms with Crippen LogP contribution in [0.2, 0.25) is 0 Å². The molecule has 0 spiro atoms. The summed E-state index contributed by atoms with van der Waals surface area (Å²) in [5.74, 6) is -0.0240. The fraction of sp³-hybridized carbons (Fsp3) is 0.316. The molecular weight excluding hydrogens is 316 g/mol. The van der Waals surface area contributed by atoms with Gasteiger partial charge in [-0.2, -0.15) is 0 Å². The van der Waals surface area contributed by atoms with Crippen molar-refractivity contribution in [3.05, 3.63) is 54.2 Å². The van der Waals surface area contributed by atoms with Gasteiger partial charge in [0.15, 0.2) is 0 Å². The maximum Gasteiger partial charge on any atom is 0.247 e. The number of para-hydroxylation sites is 1. The highest BCUT2D eigenvalue weighted by Gasteiger charge is 2.41. The molecule has 0 radical (unpaired) electrons. The third-order valence-corrected chi connectivity index (χ3v) is 4.41. The Morgan fingerprint density at radius 3 is 2.60 bits per heavy atom. The highest BCUT2D eigenvalue weighted by atomic mass is 16.2. The van der Waals surface area contributed by atoms with Gasteiger partial charge in [-0.15, -0.1) is 0 Å². The summed E-state index contributed by atoms with van der Waals surface area (Å²) < 4.78 is 0. The van der Waals surface area contributed by atoms with Crippen molar-refractivity contribution in [3.8, 4) is 0 Å². The van der Waals surface area contributed by atoms with Crippen molar-refractivity contribution in [1.82, 2.24) is 4.98 Å². The summed E-state index contributed by atoms with van der Waals surface area (Å²) in [7, 11) is 0. The van der Waals surface area contributed by atoms with Crippen LogP contribution in [0, 0.1) is 5.92 Å². The Labute approximate surface area is 147 Å². The number of nitrogens with zero attached hydrogens (tertiary/aromatic N) is 2. The van der Waals surface area contributed by atoms with Gasteiger partial charge >= 0.3 is 0 Å². The van der Waals surface area contributed by atoms with Gasteiger partial charge in [-0.3, -0.25) is 14.5 Å². The summed E-state index contributed by atoms with van der Waals surface area (Å²) in [6, 6.07) is 11.6. The number of carbonyl (C=O) groups excluding carboxylic acids is 2. The van der Waals surface area contributed by atoms with E-state index in [2.05, 4.69) is 10.3 Å². The summed E-state index contributed by atoms with van der Waals surface area (Å²) in [5, 5.41) is 2.87. The zero-order valence-electron chi connectivity index (χ0n) is 14.3. The lowest BCUT2D eigenvalue weighted by atomic mass is 10.0. The molecule has 0 bridgehead atoms. The van der Waals surface area contributed by atoms with E-state index in [-0.39, 0.29) is 17.7 Å². The Kier molecular flexibility index (Phi) is 4.81. The van der Waals surface area contributed by atoms with E-state index < -0.39 is 12.1 Å². The van der Waals surface area contributed by atoms with Crippen molar-refractivity contribution >= 4 is 23.3 Å². The Balaban J connectivity index is 1.89. The minimum absolute atomic E-state index is 0.0295. The Bertz CT molecular complexity index is 776. The average Bonchev–Trinajstić information content (AvgIpc) is 3.01. The largest absolute Gasteiger partial charge is 0.324 e. The zero-order chi connectivity index (χ0) is 18.0. The molecule has 2 unspecified atom stereocenters. The first-order valence-electron chi connectivity index (χ1n) is 8.37. The third-order valence-electron chi connectivity index (χ3n) is 4.41. The van der Waals surface area contributed by atoms with Crippen LogP contribution in [0.25, 0.3) is 0 Å². The number of fused-ring (bicyclic) bond motifs is 1. The number of amides is 2. The topological polar surface area (TPSA) is 88.3 Å². The molecular formula is C19H22N4O2. The van der Waals surface area contributed by atoms with Crippen LogP contribution < -0.4 is 16.0 Å². The molecule has 0 saturated carbocycles. The standard InChI is InChI=1S/C19H22N4O2/c1-12(2)16(20)19(25)23-15(11-13-7-6-10-21-17(13)23)18(24)22-14-8-4-3-5-9-14/h3-10,12,15-16H,11,20H2,1-2H3,(H,22,24). The van der Waals surface area contributed by atoms with Crippen molar-refractivity contribution in [2.45, 2.75) is 32.4 Å². The molecule has 0 fully saturated rings. The smallest absolute Gasteiger partial charge is 0.247 e. The fourth-order valence-corrected chi connectivity index (χ4v) is 2.91. The number of rotatable bonds is 4. The van der Waals surface area contributed by atoms with Crippen molar-refractivity contribution < 1.29 is 9.59 Å². The number of aromatic nitrogens is 1. The minimum Gasteiger partial charge on any atom is -0.324 e. The molecule has 2 atom stereocenters. The van der Waals surface area contributed by atoms with Gasteiger partial charge < -0.3 is 11.1 Å². The predicted octanol–water partition coefficient (Wildman–Crippen LogP) is 1.96. The molecule has 130 valence electrons. The van der Waals surface area contributed by atoms with Crippen LogP contribution in [0.15, 0.2) is 48.7 Å². The highest BCUT2D eigenvalue weighted by molar-refractivity contribution is 6.08. The van der Waals surface area contributed by atoms with Crippen LogP contribution in [0.1, 0.15) is 19.4 Å². The lowest BCUT2D eigenvalue weighted by Crippen LogP contribution is -2.53. The number of nitrogens with two attached hydrogens (primary N) is 1. The van der Waals surface area contributed by atoms with Crippen molar-refractivity contribution in [3.63, 3.8) is 0 Å². The van der Waals surface area contributed by atoms with Gasteiger partial charge in [-0.1, -0.05) is 38.1 Å². The number of pyridine rings is 1. The molecule has 6 heteroatoms. The second-order valence-corrected chi connectivity index (χ2v) is 6.54. The summed E-state index contributed by atoms with van der Waals surface area (Å²) in [5.41, 5.74) is 7.63. The molecule has 1 aliphatic rings. The summed E-state index contributed by atoms with van der Waals surface area (Å²) in [6.45, 7) is 3.77. The Morgan fingerprint density at radius 1 is 1.20 bits per heavy atom. The van der Waals surface area contributed by atoms with Gasteiger partial charge in [0.05, 0.1) is 6.04 Å². The van der Waals surface area contributed by atoms with Gasteiger partial charge in [0, 0.05) is 18.3 Å². The molecule has 0 aliphatic carbocycles. The quantitative estimate of drug-likeness (QED) is 0.892. The number of nitrogens with one attached hydrogen (secondary N) is 1. The molecule has 2 heterocycles. The molecule has 3 rings (SSSR count). The maximum atomic E-state index is 12.9. The lowest BCUT2D eigenvalue weighted by Gasteiger charge is -2.28. The second-order valence-electron chi connectivity index (χ2n) is 6.54. The highest BCUT2D eigenvalue weighted by Crippen LogP contribution is 2.31. The van der Waals surface area contributed by atoms with Gasteiger partial charge in [0.2, 0.25) is 11.8 Å². The molecule has 6 nitrogen and oxygen atoms in total. The van der Waals surface area contributed by atoms with Gasteiger partial charge in [-0.05, 0) is 29.7 Å². The minimum atomic E-state index is -0.681. The van der Waals surface area contributed by atoms with E-state index in [0.29, 0.717) is 17.9 Å². The van der Waals surface area contributed by atoms with Crippen LogP contribution >= 0.6 is 0 Å². The van der Waals surface area contributed by atoms with Crippen LogP contribution in [-0.2, 0) is 16.0 Å². The first-order chi connectivity index (χ1) is 12.0. The van der Waals surface area contributed by atoms with Crippen molar-refractivity contribution in [1.29, 1.82) is 0 Å². The number of anilines is 2. The molecule has 0 saturated heterocycles. The van der Waals surface area contributed by atoms with Crippen LogP contribution in [0.5, 0.6) is 0 Å². The molecule has 25 heavy (non-hydrogen) atoms. The first kappa shape index (κ1) is 17.1. The van der Waals surface area contributed by atoms with E-state index in [0.717, 1.165) is 5.56 Å². The van der Waals surface area contributed by atoms with Gasteiger partial charge in [0.25, 0.3) is 0 Å². The maximum absolute atomic E-state index is 12.9. The molecule has 1 aliphatic heterocycles. The number of hydrogen-bond acceptors (Lipinski definition) is 4. The molecule has 1 aromatic heterocycles. The summed E-state index contributed by atoms with van der Waals surface area (Å²) >= 11 is 0. The van der Waals surface area contributed by atoms with Gasteiger partial charge in [0.1, 0.15) is 11.9 Å². The third kappa shape index (κ3) is 3.39. The van der Waals surface area contributed by atoms with Crippen LogP contribution in [0.3, 0.4) is 0 Å². The number of hydrogen-bond donors (Lipinski definition) is 2. The van der Waals surface area contributed by atoms with E-state index in [1.54, 1.807) is 12.3 Å². The second kappa shape index (κ2) is 7.03. The van der Waals surface area contributed by atoms with Crippen molar-refractivity contribution in [2.75, 3.05) is 10.2 Å². The first-order valence-corrected chi connectivity index (χ1v) is 8.37. The zero-order valence-corrected chi connectivity index (χ0v) is 14.3. The molecule has 2 amide bonds. The summed E-state index contributed by atoms with van der Waals surface area (Å²) in [6.07, 6.45) is 2.05. The van der Waals surface area contributed by atoms with Crippen LogP contribution in [0.4, 0.5) is 11.5 Å². The SMILES string of the molecule is CC(C)C(N)C(=O)N1c2ncccc2CC1C(=O)Nc1ccccc1. The average molecular weight is 338 g/mol. The Hall–Kier alpha value is -2.73.